The minimum absolute atomic E-state index is 0.0673. The number of nitrogens with zero attached hydrogens (tertiary/aromatic N) is 5. The van der Waals surface area contributed by atoms with Gasteiger partial charge in [0.1, 0.15) is 10.8 Å². The highest BCUT2D eigenvalue weighted by Gasteiger charge is 2.17. The van der Waals surface area contributed by atoms with Gasteiger partial charge in [0.15, 0.2) is 5.16 Å². The lowest BCUT2D eigenvalue weighted by Crippen LogP contribution is -2.19. The van der Waals surface area contributed by atoms with Gasteiger partial charge in [0, 0.05) is 19.8 Å². The van der Waals surface area contributed by atoms with Gasteiger partial charge in [-0.25, -0.2) is 4.68 Å². The maximum absolute atomic E-state index is 12.5. The van der Waals surface area contributed by atoms with Gasteiger partial charge in [-0.05, 0) is 28.1 Å². The summed E-state index contributed by atoms with van der Waals surface area (Å²) in [7, 11) is 3.78. The molecule has 0 spiro atoms. The fourth-order valence-electron chi connectivity index (χ4n) is 2.17. The molecule has 22 heavy (non-hydrogen) atoms. The first-order chi connectivity index (χ1) is 10.6. The molecular weight excluding hydrogens is 366 g/mol. The third-order valence-corrected chi connectivity index (χ3v) is 5.18. The Morgan fingerprint density at radius 2 is 1.95 bits per heavy atom. The minimum Gasteiger partial charge on any atom is -0.312 e. The molecule has 0 amide bonds. The molecule has 6 nitrogen and oxygen atoms in total. The van der Waals surface area contributed by atoms with Crippen molar-refractivity contribution in [2.75, 3.05) is 0 Å². The molecule has 3 aromatic rings. The van der Waals surface area contributed by atoms with Gasteiger partial charge in [0.25, 0.3) is 5.56 Å². The van der Waals surface area contributed by atoms with E-state index >= 15 is 0 Å². The van der Waals surface area contributed by atoms with Crippen molar-refractivity contribution in [1.29, 1.82) is 0 Å². The van der Waals surface area contributed by atoms with Crippen molar-refractivity contribution in [2.45, 2.75) is 10.9 Å². The Hall–Kier alpha value is -1.80. The number of halogens is 1. The van der Waals surface area contributed by atoms with Crippen molar-refractivity contribution in [3.8, 4) is 5.69 Å². The molecule has 0 aliphatic heterocycles. The van der Waals surface area contributed by atoms with Gasteiger partial charge in [0.05, 0.1) is 11.4 Å². The van der Waals surface area contributed by atoms with Gasteiger partial charge >= 0.3 is 0 Å². The highest BCUT2D eigenvalue weighted by atomic mass is 79.9. The molecule has 0 saturated heterocycles. The van der Waals surface area contributed by atoms with Crippen molar-refractivity contribution in [1.82, 2.24) is 24.1 Å². The van der Waals surface area contributed by atoms with Crippen LogP contribution in [0.15, 0.2) is 51.1 Å². The zero-order valence-electron chi connectivity index (χ0n) is 12.1. The highest BCUT2D eigenvalue weighted by Crippen LogP contribution is 2.24. The fraction of sp³-hybridized carbons (Fsp3) is 0.214. The SMILES string of the molecule is Cn1cnnc1SCc1c(Br)c(=O)n(-c2ccccc2)n1C. The molecule has 2 heterocycles. The maximum atomic E-state index is 12.5. The molecule has 0 saturated carbocycles. The Bertz CT molecular complexity index is 852. The number of hydrogen-bond acceptors (Lipinski definition) is 4. The van der Waals surface area contributed by atoms with Crippen molar-refractivity contribution < 1.29 is 0 Å². The Labute approximate surface area is 139 Å². The molecule has 0 aliphatic carbocycles. The molecular formula is C14H14BrN5OS. The molecule has 3 rings (SSSR count). The van der Waals surface area contributed by atoms with E-state index < -0.39 is 0 Å². The summed E-state index contributed by atoms with van der Waals surface area (Å²) in [6, 6.07) is 9.57. The van der Waals surface area contributed by atoms with Crippen LogP contribution in [0.25, 0.3) is 5.69 Å². The van der Waals surface area contributed by atoms with Crippen molar-refractivity contribution in [2.24, 2.45) is 14.1 Å². The van der Waals surface area contributed by atoms with Crippen molar-refractivity contribution >= 4 is 27.7 Å². The van der Waals surface area contributed by atoms with E-state index in [-0.39, 0.29) is 5.56 Å². The van der Waals surface area contributed by atoms with E-state index in [2.05, 4.69) is 26.1 Å². The number of hydrogen-bond donors (Lipinski definition) is 0. The molecule has 0 bridgehead atoms. The smallest absolute Gasteiger partial charge is 0.286 e. The van der Waals surface area contributed by atoms with E-state index in [0.29, 0.717) is 10.2 Å². The van der Waals surface area contributed by atoms with Gasteiger partial charge in [-0.1, -0.05) is 30.0 Å². The molecule has 0 unspecified atom stereocenters. The molecule has 8 heteroatoms. The van der Waals surface area contributed by atoms with Crippen LogP contribution in [-0.2, 0) is 19.8 Å². The largest absolute Gasteiger partial charge is 0.312 e. The summed E-state index contributed by atoms with van der Waals surface area (Å²) in [5.74, 6) is 0.624. The number of thioether (sulfide) groups is 1. The summed E-state index contributed by atoms with van der Waals surface area (Å²) in [6.07, 6.45) is 1.66. The average Bonchev–Trinajstić information content (AvgIpc) is 3.01. The molecule has 0 N–H and O–H groups in total. The van der Waals surface area contributed by atoms with E-state index in [0.717, 1.165) is 16.5 Å². The lowest BCUT2D eigenvalue weighted by Gasteiger charge is -2.09. The summed E-state index contributed by atoms with van der Waals surface area (Å²) in [5.41, 5.74) is 1.68. The molecule has 114 valence electrons. The van der Waals surface area contributed by atoms with Crippen LogP contribution in [0.1, 0.15) is 5.69 Å². The molecule has 2 aromatic heterocycles. The predicted molar refractivity (Wildman–Crippen MR) is 89.3 cm³/mol. The van der Waals surface area contributed by atoms with Crippen LogP contribution in [0.5, 0.6) is 0 Å². The first-order valence-corrected chi connectivity index (χ1v) is 8.36. The zero-order valence-corrected chi connectivity index (χ0v) is 14.5. The monoisotopic (exact) mass is 379 g/mol. The van der Waals surface area contributed by atoms with Crippen LogP contribution >= 0.6 is 27.7 Å². The Balaban J connectivity index is 1.96. The topological polar surface area (TPSA) is 57.6 Å². The Morgan fingerprint density at radius 1 is 1.23 bits per heavy atom. The summed E-state index contributed by atoms with van der Waals surface area (Å²) < 4.78 is 5.95. The van der Waals surface area contributed by atoms with Crippen LogP contribution in [-0.4, -0.2) is 24.1 Å². The number of aryl methyl sites for hydroxylation is 1. The molecule has 0 atom stereocenters. The van der Waals surface area contributed by atoms with Crippen LogP contribution in [0.4, 0.5) is 0 Å². The first kappa shape index (κ1) is 15.1. The lowest BCUT2D eigenvalue weighted by molar-refractivity contribution is 0.627. The summed E-state index contributed by atoms with van der Waals surface area (Å²) in [5, 5.41) is 8.71. The highest BCUT2D eigenvalue weighted by molar-refractivity contribution is 9.10. The van der Waals surface area contributed by atoms with Gasteiger partial charge < -0.3 is 4.57 Å². The van der Waals surface area contributed by atoms with E-state index in [1.165, 1.54) is 11.8 Å². The van der Waals surface area contributed by atoms with Gasteiger partial charge in [-0.3, -0.25) is 9.48 Å². The minimum atomic E-state index is -0.0673. The van der Waals surface area contributed by atoms with E-state index in [1.807, 2.05) is 53.7 Å². The van der Waals surface area contributed by atoms with Gasteiger partial charge in [-0.2, -0.15) is 0 Å². The normalized spacial score (nSPS) is 11.0. The predicted octanol–water partition coefficient (Wildman–Crippen LogP) is 2.36. The number of para-hydroxylation sites is 1. The van der Waals surface area contributed by atoms with Crippen LogP contribution < -0.4 is 5.56 Å². The second kappa shape index (κ2) is 6.13. The lowest BCUT2D eigenvalue weighted by atomic mass is 10.3. The first-order valence-electron chi connectivity index (χ1n) is 6.58. The summed E-state index contributed by atoms with van der Waals surface area (Å²) in [6.45, 7) is 0. The maximum Gasteiger partial charge on any atom is 0.286 e. The number of aromatic nitrogens is 5. The third-order valence-electron chi connectivity index (χ3n) is 3.33. The van der Waals surface area contributed by atoms with Gasteiger partial charge in [0.2, 0.25) is 0 Å². The van der Waals surface area contributed by atoms with Crippen molar-refractivity contribution in [3.05, 3.63) is 57.2 Å². The molecule has 0 aliphatic rings. The quantitative estimate of drug-likeness (QED) is 0.652. The zero-order chi connectivity index (χ0) is 15.7. The summed E-state index contributed by atoms with van der Waals surface area (Å²) in [4.78, 5) is 12.5. The average molecular weight is 380 g/mol. The van der Waals surface area contributed by atoms with E-state index in [1.54, 1.807) is 11.0 Å². The fourth-order valence-corrected chi connectivity index (χ4v) is 3.87. The second-order valence-electron chi connectivity index (χ2n) is 4.75. The molecule has 0 radical (unpaired) electrons. The van der Waals surface area contributed by atoms with E-state index in [4.69, 9.17) is 0 Å². The molecule has 0 fully saturated rings. The van der Waals surface area contributed by atoms with Crippen LogP contribution in [0, 0.1) is 0 Å². The third kappa shape index (κ3) is 2.64. The Kier molecular flexibility index (Phi) is 4.21. The van der Waals surface area contributed by atoms with Gasteiger partial charge in [-0.15, -0.1) is 10.2 Å². The molecule has 1 aromatic carbocycles. The van der Waals surface area contributed by atoms with Crippen LogP contribution in [0.2, 0.25) is 0 Å². The van der Waals surface area contributed by atoms with Crippen LogP contribution in [0.3, 0.4) is 0 Å². The Morgan fingerprint density at radius 3 is 2.59 bits per heavy atom. The van der Waals surface area contributed by atoms with E-state index in [9.17, 15) is 4.79 Å². The number of rotatable bonds is 4. The standard InChI is InChI=1S/C14H14BrN5OS/c1-18-9-16-17-14(18)22-8-11-12(15)13(21)20(19(11)2)10-6-4-3-5-7-10/h3-7,9H,8H2,1-2H3. The van der Waals surface area contributed by atoms with Crippen molar-refractivity contribution in [3.63, 3.8) is 0 Å². The second-order valence-corrected chi connectivity index (χ2v) is 6.49. The summed E-state index contributed by atoms with van der Waals surface area (Å²) >= 11 is 4.96. The number of benzene rings is 1.